The molecular weight excluding hydrogens is 416 g/mol. The number of anilines is 1. The normalized spacial score (nSPS) is 10.8. The van der Waals surface area contributed by atoms with Crippen molar-refractivity contribution in [3.8, 4) is 11.5 Å². The van der Waals surface area contributed by atoms with Gasteiger partial charge in [-0.3, -0.25) is 18.7 Å². The SMILES string of the molecule is COc1ccc(NC(=O)Cn2c(=O)n(Cc3ccco3)c(=O)c3ncccc32)c(OC)c1. The van der Waals surface area contributed by atoms with Crippen LogP contribution in [-0.4, -0.2) is 34.2 Å². The van der Waals surface area contributed by atoms with E-state index in [9.17, 15) is 14.4 Å². The van der Waals surface area contributed by atoms with Crippen LogP contribution in [0.15, 0.2) is 68.9 Å². The number of benzene rings is 1. The first-order valence-electron chi connectivity index (χ1n) is 9.64. The van der Waals surface area contributed by atoms with Gasteiger partial charge in [0, 0.05) is 12.3 Å². The number of fused-ring (bicyclic) bond motifs is 1. The summed E-state index contributed by atoms with van der Waals surface area (Å²) in [6.07, 6.45) is 2.91. The number of rotatable bonds is 7. The Kier molecular flexibility index (Phi) is 5.75. The number of amides is 1. The molecule has 4 rings (SSSR count). The minimum atomic E-state index is -0.649. The zero-order valence-electron chi connectivity index (χ0n) is 17.4. The molecule has 1 aromatic carbocycles. The van der Waals surface area contributed by atoms with Gasteiger partial charge in [-0.25, -0.2) is 9.78 Å². The monoisotopic (exact) mass is 436 g/mol. The summed E-state index contributed by atoms with van der Waals surface area (Å²) < 4.78 is 17.9. The van der Waals surface area contributed by atoms with Crippen LogP contribution in [0.4, 0.5) is 5.69 Å². The Balaban J connectivity index is 1.72. The van der Waals surface area contributed by atoms with Gasteiger partial charge in [0.15, 0.2) is 5.52 Å². The molecule has 0 radical (unpaired) electrons. The lowest BCUT2D eigenvalue weighted by molar-refractivity contribution is -0.116. The zero-order valence-corrected chi connectivity index (χ0v) is 17.4. The third kappa shape index (κ3) is 3.97. The Morgan fingerprint density at radius 2 is 1.94 bits per heavy atom. The van der Waals surface area contributed by atoms with Gasteiger partial charge in [-0.15, -0.1) is 0 Å². The number of furan rings is 1. The number of ether oxygens (including phenoxy) is 2. The standard InChI is InChI=1S/C22H20N4O6/c1-30-14-7-8-16(18(11-14)31-2)24-19(27)13-25-17-6-3-9-23-20(17)21(28)26(22(25)29)12-15-5-4-10-32-15/h3-11H,12-13H2,1-2H3,(H,24,27). The lowest BCUT2D eigenvalue weighted by atomic mass is 10.2. The fraction of sp³-hybridized carbons (Fsp3) is 0.182. The van der Waals surface area contributed by atoms with E-state index in [0.717, 1.165) is 4.57 Å². The predicted octanol–water partition coefficient (Wildman–Crippen LogP) is 1.86. The molecule has 0 spiro atoms. The average molecular weight is 436 g/mol. The summed E-state index contributed by atoms with van der Waals surface area (Å²) in [5.41, 5.74) is -0.458. The van der Waals surface area contributed by atoms with Gasteiger partial charge in [0.25, 0.3) is 5.56 Å². The summed E-state index contributed by atoms with van der Waals surface area (Å²) in [6.45, 7) is -0.417. The number of methoxy groups -OCH3 is 2. The van der Waals surface area contributed by atoms with Crippen LogP contribution >= 0.6 is 0 Å². The van der Waals surface area contributed by atoms with E-state index in [1.807, 2.05) is 0 Å². The summed E-state index contributed by atoms with van der Waals surface area (Å²) in [4.78, 5) is 43.0. The van der Waals surface area contributed by atoms with Crippen molar-refractivity contribution in [2.24, 2.45) is 0 Å². The Morgan fingerprint density at radius 1 is 1.09 bits per heavy atom. The lowest BCUT2D eigenvalue weighted by Crippen LogP contribution is -2.42. The number of carbonyl (C=O) groups excluding carboxylic acids is 1. The second-order valence-corrected chi connectivity index (χ2v) is 6.82. The second kappa shape index (κ2) is 8.80. The third-order valence-electron chi connectivity index (χ3n) is 4.87. The number of pyridine rings is 1. The quantitative estimate of drug-likeness (QED) is 0.470. The maximum atomic E-state index is 13.2. The van der Waals surface area contributed by atoms with Gasteiger partial charge in [0.05, 0.1) is 38.2 Å². The number of nitrogens with zero attached hydrogens (tertiary/aromatic N) is 3. The van der Waals surface area contributed by atoms with E-state index in [1.165, 1.54) is 31.2 Å². The van der Waals surface area contributed by atoms with Crippen molar-refractivity contribution >= 4 is 22.6 Å². The maximum absolute atomic E-state index is 13.2. The molecule has 0 saturated heterocycles. The van der Waals surface area contributed by atoms with Crippen LogP contribution in [0, 0.1) is 0 Å². The van der Waals surface area contributed by atoms with Crippen molar-refractivity contribution in [1.29, 1.82) is 0 Å². The average Bonchev–Trinajstić information content (AvgIpc) is 3.33. The summed E-state index contributed by atoms with van der Waals surface area (Å²) in [5.74, 6) is 0.917. The number of nitrogens with one attached hydrogen (secondary N) is 1. The molecule has 164 valence electrons. The highest BCUT2D eigenvalue weighted by atomic mass is 16.5. The first-order chi connectivity index (χ1) is 15.5. The topological polar surface area (TPSA) is 118 Å². The highest BCUT2D eigenvalue weighted by Gasteiger charge is 2.18. The first-order valence-corrected chi connectivity index (χ1v) is 9.64. The molecule has 0 atom stereocenters. The molecule has 32 heavy (non-hydrogen) atoms. The van der Waals surface area contributed by atoms with Crippen molar-refractivity contribution in [3.63, 3.8) is 0 Å². The molecule has 0 aliphatic heterocycles. The van der Waals surface area contributed by atoms with Crippen molar-refractivity contribution in [3.05, 3.63) is 81.5 Å². The van der Waals surface area contributed by atoms with Crippen LogP contribution in [0.2, 0.25) is 0 Å². The minimum Gasteiger partial charge on any atom is -0.497 e. The zero-order chi connectivity index (χ0) is 22.7. The fourth-order valence-electron chi connectivity index (χ4n) is 3.33. The van der Waals surface area contributed by atoms with Crippen LogP contribution in [0.25, 0.3) is 11.0 Å². The molecule has 0 saturated carbocycles. The van der Waals surface area contributed by atoms with Crippen molar-refractivity contribution in [2.75, 3.05) is 19.5 Å². The Hall–Kier alpha value is -4.34. The maximum Gasteiger partial charge on any atom is 0.332 e. The van der Waals surface area contributed by atoms with Crippen LogP contribution < -0.4 is 26.0 Å². The summed E-state index contributed by atoms with van der Waals surface area (Å²) in [5, 5.41) is 2.73. The van der Waals surface area contributed by atoms with E-state index >= 15 is 0 Å². The van der Waals surface area contributed by atoms with Crippen LogP contribution in [0.1, 0.15) is 5.76 Å². The summed E-state index contributed by atoms with van der Waals surface area (Å²) in [7, 11) is 2.99. The molecular formula is C22H20N4O6. The number of hydrogen-bond acceptors (Lipinski definition) is 7. The van der Waals surface area contributed by atoms with E-state index in [1.54, 1.807) is 42.5 Å². The molecule has 0 aliphatic rings. The first kappa shape index (κ1) is 20.9. The van der Waals surface area contributed by atoms with Gasteiger partial charge >= 0.3 is 5.69 Å². The fourth-order valence-corrected chi connectivity index (χ4v) is 3.33. The van der Waals surface area contributed by atoms with Crippen LogP contribution in [0.5, 0.6) is 11.5 Å². The van der Waals surface area contributed by atoms with Crippen LogP contribution in [0.3, 0.4) is 0 Å². The number of aromatic nitrogens is 3. The molecule has 1 amide bonds. The molecule has 0 aliphatic carbocycles. The summed E-state index contributed by atoms with van der Waals surface area (Å²) in [6, 6.07) is 11.4. The van der Waals surface area contributed by atoms with E-state index in [0.29, 0.717) is 22.9 Å². The molecule has 4 aromatic rings. The van der Waals surface area contributed by atoms with Crippen LogP contribution in [-0.2, 0) is 17.9 Å². The third-order valence-corrected chi connectivity index (χ3v) is 4.87. The highest BCUT2D eigenvalue weighted by Crippen LogP contribution is 2.29. The number of carbonyl (C=O) groups is 1. The molecule has 3 aromatic heterocycles. The Bertz CT molecular complexity index is 1390. The molecule has 1 N–H and O–H groups in total. The van der Waals surface area contributed by atoms with Gasteiger partial charge < -0.3 is 19.2 Å². The van der Waals surface area contributed by atoms with Gasteiger partial charge in [-0.05, 0) is 36.4 Å². The molecule has 0 unspecified atom stereocenters. The largest absolute Gasteiger partial charge is 0.497 e. The Morgan fingerprint density at radius 3 is 2.66 bits per heavy atom. The molecule has 3 heterocycles. The lowest BCUT2D eigenvalue weighted by Gasteiger charge is -2.14. The van der Waals surface area contributed by atoms with Crippen molar-refractivity contribution in [2.45, 2.75) is 13.1 Å². The minimum absolute atomic E-state index is 0.0773. The smallest absolute Gasteiger partial charge is 0.332 e. The number of hydrogen-bond donors (Lipinski definition) is 1. The predicted molar refractivity (Wildman–Crippen MR) is 116 cm³/mol. The van der Waals surface area contributed by atoms with Gasteiger partial charge in [0.1, 0.15) is 23.8 Å². The molecule has 0 bridgehead atoms. The van der Waals surface area contributed by atoms with E-state index < -0.39 is 17.2 Å². The van der Waals surface area contributed by atoms with Gasteiger partial charge in [0.2, 0.25) is 5.91 Å². The Labute approximate surface area is 181 Å². The summed E-state index contributed by atoms with van der Waals surface area (Å²) >= 11 is 0. The second-order valence-electron chi connectivity index (χ2n) is 6.82. The van der Waals surface area contributed by atoms with E-state index in [4.69, 9.17) is 13.9 Å². The van der Waals surface area contributed by atoms with Crippen molar-refractivity contribution in [1.82, 2.24) is 14.1 Å². The highest BCUT2D eigenvalue weighted by molar-refractivity contribution is 5.93. The molecule has 10 nitrogen and oxygen atoms in total. The van der Waals surface area contributed by atoms with Crippen molar-refractivity contribution < 1.29 is 18.7 Å². The van der Waals surface area contributed by atoms with E-state index in [2.05, 4.69) is 10.3 Å². The van der Waals surface area contributed by atoms with Gasteiger partial charge in [-0.2, -0.15) is 0 Å². The molecule has 10 heteroatoms. The van der Waals surface area contributed by atoms with E-state index in [-0.39, 0.29) is 24.1 Å². The molecule has 0 fully saturated rings. The van der Waals surface area contributed by atoms with Gasteiger partial charge in [-0.1, -0.05) is 0 Å².